The van der Waals surface area contributed by atoms with E-state index in [1.54, 1.807) is 6.08 Å². The standard InChI is InChI=1S/C40H44O3/c1-9-26-41-36-22-16-34(17-23-36)40(8,35-18-24-38(25-19-35)43-28-30(4)5)33-12-10-31(11-13-33)39(6,7)32-14-20-37(21-15-32)42-27-29(2)3/h9-25H,1-2,4,26-28H2,3,5-8H3. The summed E-state index contributed by atoms with van der Waals surface area (Å²) in [4.78, 5) is 0. The molecule has 4 aromatic rings. The van der Waals surface area contributed by atoms with Gasteiger partial charge in [-0.25, -0.2) is 0 Å². The minimum atomic E-state index is -0.408. The Kier molecular flexibility index (Phi) is 9.98. The van der Waals surface area contributed by atoms with Crippen LogP contribution < -0.4 is 14.2 Å². The second-order valence-corrected chi connectivity index (χ2v) is 12.0. The molecule has 1 atom stereocenters. The van der Waals surface area contributed by atoms with Crippen LogP contribution in [0.2, 0.25) is 0 Å². The van der Waals surface area contributed by atoms with Gasteiger partial charge in [0.2, 0.25) is 0 Å². The Labute approximate surface area is 258 Å². The monoisotopic (exact) mass is 572 g/mol. The van der Waals surface area contributed by atoms with E-state index >= 15 is 0 Å². The Morgan fingerprint density at radius 3 is 1.19 bits per heavy atom. The van der Waals surface area contributed by atoms with Crippen molar-refractivity contribution >= 4 is 0 Å². The third-order valence-electron chi connectivity index (χ3n) is 7.96. The highest BCUT2D eigenvalue weighted by Gasteiger charge is 2.32. The molecular formula is C40H44O3. The van der Waals surface area contributed by atoms with Crippen molar-refractivity contribution in [2.45, 2.75) is 45.4 Å². The van der Waals surface area contributed by atoms with Gasteiger partial charge in [0.25, 0.3) is 0 Å². The van der Waals surface area contributed by atoms with Crippen LogP contribution in [0.3, 0.4) is 0 Å². The van der Waals surface area contributed by atoms with E-state index in [-0.39, 0.29) is 5.41 Å². The summed E-state index contributed by atoms with van der Waals surface area (Å²) in [5.41, 5.74) is 7.41. The first-order chi connectivity index (χ1) is 20.5. The van der Waals surface area contributed by atoms with Crippen molar-refractivity contribution in [2.75, 3.05) is 19.8 Å². The minimum absolute atomic E-state index is 0.186. The molecule has 0 radical (unpaired) electrons. The van der Waals surface area contributed by atoms with E-state index in [1.165, 1.54) is 27.8 Å². The fourth-order valence-corrected chi connectivity index (χ4v) is 5.19. The summed E-state index contributed by atoms with van der Waals surface area (Å²) >= 11 is 0. The maximum Gasteiger partial charge on any atom is 0.119 e. The summed E-state index contributed by atoms with van der Waals surface area (Å²) in [5, 5.41) is 0. The number of hydrogen-bond donors (Lipinski definition) is 0. The molecule has 222 valence electrons. The molecule has 0 aliphatic carbocycles. The molecule has 43 heavy (non-hydrogen) atoms. The smallest absolute Gasteiger partial charge is 0.119 e. The first-order valence-electron chi connectivity index (χ1n) is 14.7. The molecule has 1 unspecified atom stereocenters. The molecule has 0 saturated heterocycles. The van der Waals surface area contributed by atoms with E-state index < -0.39 is 5.41 Å². The van der Waals surface area contributed by atoms with E-state index in [2.05, 4.69) is 101 Å². The summed E-state index contributed by atoms with van der Waals surface area (Å²) in [6, 6.07) is 34.2. The molecule has 0 spiro atoms. The highest BCUT2D eigenvalue weighted by Crippen LogP contribution is 2.41. The van der Waals surface area contributed by atoms with Gasteiger partial charge in [-0.2, -0.15) is 0 Å². The normalized spacial score (nSPS) is 12.6. The van der Waals surface area contributed by atoms with Crippen LogP contribution in [0.1, 0.15) is 62.4 Å². The van der Waals surface area contributed by atoms with Crippen molar-refractivity contribution in [1.82, 2.24) is 0 Å². The lowest BCUT2D eigenvalue weighted by molar-refractivity contribution is 0.352. The fraction of sp³-hybridized carbons (Fsp3) is 0.250. The zero-order valence-corrected chi connectivity index (χ0v) is 26.3. The molecule has 0 N–H and O–H groups in total. The predicted molar refractivity (Wildman–Crippen MR) is 180 cm³/mol. The maximum absolute atomic E-state index is 5.89. The second kappa shape index (κ2) is 13.6. The molecule has 3 nitrogen and oxygen atoms in total. The van der Waals surface area contributed by atoms with Crippen molar-refractivity contribution in [1.29, 1.82) is 0 Å². The lowest BCUT2D eigenvalue weighted by Crippen LogP contribution is -2.26. The van der Waals surface area contributed by atoms with Crippen LogP contribution in [-0.2, 0) is 10.8 Å². The Bertz CT molecular complexity index is 1530. The summed E-state index contributed by atoms with van der Waals surface area (Å²) in [6.07, 6.45) is 1.75. The molecule has 0 aliphatic heterocycles. The van der Waals surface area contributed by atoms with Crippen LogP contribution in [0, 0.1) is 0 Å². The Balaban J connectivity index is 1.68. The van der Waals surface area contributed by atoms with Gasteiger partial charge in [0, 0.05) is 10.8 Å². The van der Waals surface area contributed by atoms with Gasteiger partial charge < -0.3 is 14.2 Å². The quantitative estimate of drug-likeness (QED) is 0.111. The van der Waals surface area contributed by atoms with Gasteiger partial charge in [-0.3, -0.25) is 0 Å². The van der Waals surface area contributed by atoms with E-state index in [1.807, 2.05) is 50.2 Å². The molecule has 0 amide bonds. The topological polar surface area (TPSA) is 27.7 Å². The first kappa shape index (κ1) is 31.4. The van der Waals surface area contributed by atoms with Crippen LogP contribution in [0.25, 0.3) is 0 Å². The zero-order chi connectivity index (χ0) is 31.0. The summed E-state index contributed by atoms with van der Waals surface area (Å²) in [5.74, 6) is 2.50. The van der Waals surface area contributed by atoms with E-state index in [0.717, 1.165) is 28.4 Å². The van der Waals surface area contributed by atoms with Crippen LogP contribution in [0.15, 0.2) is 134 Å². The van der Waals surface area contributed by atoms with Crippen LogP contribution in [0.5, 0.6) is 17.2 Å². The van der Waals surface area contributed by atoms with Crippen molar-refractivity contribution in [3.05, 3.63) is 162 Å². The summed E-state index contributed by atoms with van der Waals surface area (Å²) in [6.45, 7) is 23.9. The van der Waals surface area contributed by atoms with Crippen molar-refractivity contribution in [3.8, 4) is 17.2 Å². The van der Waals surface area contributed by atoms with Crippen LogP contribution in [0.4, 0.5) is 0 Å². The van der Waals surface area contributed by atoms with E-state index in [0.29, 0.717) is 19.8 Å². The van der Waals surface area contributed by atoms with Gasteiger partial charge in [-0.1, -0.05) is 100 Å². The molecule has 0 aromatic heterocycles. The summed E-state index contributed by atoms with van der Waals surface area (Å²) < 4.78 is 17.5. The third-order valence-corrected chi connectivity index (χ3v) is 7.96. The van der Waals surface area contributed by atoms with E-state index in [4.69, 9.17) is 14.2 Å². The van der Waals surface area contributed by atoms with Gasteiger partial charge in [0.15, 0.2) is 0 Å². The van der Waals surface area contributed by atoms with Gasteiger partial charge in [-0.15, -0.1) is 0 Å². The molecule has 4 aromatic carbocycles. The largest absolute Gasteiger partial charge is 0.490 e. The highest BCUT2D eigenvalue weighted by atomic mass is 16.5. The van der Waals surface area contributed by atoms with Crippen LogP contribution in [-0.4, -0.2) is 19.8 Å². The lowest BCUT2D eigenvalue weighted by Gasteiger charge is -2.33. The zero-order valence-electron chi connectivity index (χ0n) is 26.3. The SMILES string of the molecule is C=CCOc1ccc(C(C)(c2ccc(OCC(=C)C)cc2)c2ccc(C(C)(C)c3ccc(OCC(=C)C)cc3)cc2)cc1. The molecule has 0 fully saturated rings. The van der Waals surface area contributed by atoms with Crippen LogP contribution >= 0.6 is 0 Å². The van der Waals surface area contributed by atoms with Crippen molar-refractivity contribution in [3.63, 3.8) is 0 Å². The van der Waals surface area contributed by atoms with Gasteiger partial charge >= 0.3 is 0 Å². The van der Waals surface area contributed by atoms with Crippen molar-refractivity contribution in [2.24, 2.45) is 0 Å². The van der Waals surface area contributed by atoms with Gasteiger partial charge in [0.1, 0.15) is 37.1 Å². The first-order valence-corrected chi connectivity index (χ1v) is 14.7. The Hall–Kier alpha value is -4.50. The predicted octanol–water partition coefficient (Wildman–Crippen LogP) is 9.84. The lowest BCUT2D eigenvalue weighted by atomic mass is 9.70. The van der Waals surface area contributed by atoms with E-state index in [9.17, 15) is 0 Å². The highest BCUT2D eigenvalue weighted by molar-refractivity contribution is 5.53. The molecule has 3 heteroatoms. The number of ether oxygens (including phenoxy) is 3. The number of rotatable bonds is 14. The maximum atomic E-state index is 5.89. The average Bonchev–Trinajstić information content (AvgIpc) is 3.02. The third kappa shape index (κ3) is 7.48. The molecular weight excluding hydrogens is 528 g/mol. The Morgan fingerprint density at radius 2 is 0.837 bits per heavy atom. The molecule has 0 saturated carbocycles. The number of benzene rings is 4. The van der Waals surface area contributed by atoms with Crippen molar-refractivity contribution < 1.29 is 14.2 Å². The van der Waals surface area contributed by atoms with Gasteiger partial charge in [0.05, 0.1) is 0 Å². The fourth-order valence-electron chi connectivity index (χ4n) is 5.19. The number of hydrogen-bond acceptors (Lipinski definition) is 3. The molecule has 0 heterocycles. The molecule has 0 aliphatic rings. The summed E-state index contributed by atoms with van der Waals surface area (Å²) in [7, 11) is 0. The van der Waals surface area contributed by atoms with Gasteiger partial charge in [-0.05, 0) is 96.1 Å². The molecule has 0 bridgehead atoms. The average molecular weight is 573 g/mol. The second-order valence-electron chi connectivity index (χ2n) is 12.0. The Morgan fingerprint density at radius 1 is 0.535 bits per heavy atom. The minimum Gasteiger partial charge on any atom is -0.490 e. The molecule has 4 rings (SSSR count).